The fourth-order valence-electron chi connectivity index (χ4n) is 4.16. The summed E-state index contributed by atoms with van der Waals surface area (Å²) < 4.78 is 2.17. The molecule has 148 valence electrons. The maximum Gasteiger partial charge on any atom is 0.271 e. The number of carbonyl (C=O) groups is 1. The number of hydrogen-bond donors (Lipinski definition) is 1. The Morgan fingerprint density at radius 1 is 1.00 bits per heavy atom. The minimum absolute atomic E-state index is 0.112. The second-order valence-electron chi connectivity index (χ2n) is 8.10. The predicted octanol–water partition coefficient (Wildman–Crippen LogP) is 3.63. The molecule has 1 aliphatic carbocycles. The standard InChI is InChI=1S/C24H26N4O/c29-24(25-15-18-7-3-1-4-8-18)21-17-28-14-13-27(16-19-11-12-19)22(23(28)26-21)20-9-5-2-6-10-20/h1-10,17,19,22H,11-16H2,(H,25,29). The van der Waals surface area contributed by atoms with Crippen LogP contribution in [0.25, 0.3) is 0 Å². The molecule has 0 saturated heterocycles. The zero-order valence-corrected chi connectivity index (χ0v) is 16.5. The first-order valence-corrected chi connectivity index (χ1v) is 10.5. The number of benzene rings is 2. The molecule has 2 aliphatic rings. The second kappa shape index (κ2) is 7.84. The van der Waals surface area contributed by atoms with E-state index >= 15 is 0 Å². The van der Waals surface area contributed by atoms with Crippen LogP contribution in [0.2, 0.25) is 0 Å². The minimum Gasteiger partial charge on any atom is -0.347 e. The van der Waals surface area contributed by atoms with Crippen molar-refractivity contribution in [1.82, 2.24) is 19.8 Å². The first-order valence-electron chi connectivity index (χ1n) is 10.5. The van der Waals surface area contributed by atoms with Crippen LogP contribution in [0.1, 0.15) is 46.3 Å². The van der Waals surface area contributed by atoms with Gasteiger partial charge in [0.05, 0.1) is 6.04 Å². The van der Waals surface area contributed by atoms with Crippen LogP contribution in [0.15, 0.2) is 66.9 Å². The first-order chi connectivity index (χ1) is 14.3. The highest BCUT2D eigenvalue weighted by Crippen LogP contribution is 2.37. The van der Waals surface area contributed by atoms with E-state index in [9.17, 15) is 4.79 Å². The number of imidazole rings is 1. The van der Waals surface area contributed by atoms with E-state index in [0.29, 0.717) is 12.2 Å². The third-order valence-electron chi connectivity index (χ3n) is 5.88. The summed E-state index contributed by atoms with van der Waals surface area (Å²) >= 11 is 0. The van der Waals surface area contributed by atoms with Crippen molar-refractivity contribution in [3.63, 3.8) is 0 Å². The quantitative estimate of drug-likeness (QED) is 0.704. The fourth-order valence-corrected chi connectivity index (χ4v) is 4.16. The van der Waals surface area contributed by atoms with Crippen LogP contribution in [0.4, 0.5) is 0 Å². The summed E-state index contributed by atoms with van der Waals surface area (Å²) in [5.41, 5.74) is 2.84. The molecular formula is C24H26N4O. The van der Waals surface area contributed by atoms with Gasteiger partial charge in [-0.05, 0) is 29.9 Å². The predicted molar refractivity (Wildman–Crippen MR) is 112 cm³/mol. The molecule has 1 aromatic heterocycles. The molecule has 2 aromatic carbocycles. The van der Waals surface area contributed by atoms with Crippen LogP contribution in [-0.2, 0) is 13.1 Å². The average Bonchev–Trinajstić information content (AvgIpc) is 3.48. The molecule has 1 N–H and O–H groups in total. The normalized spacial score (nSPS) is 19.0. The Labute approximate surface area is 171 Å². The lowest BCUT2D eigenvalue weighted by Gasteiger charge is -2.36. The van der Waals surface area contributed by atoms with Crippen molar-refractivity contribution in [2.24, 2.45) is 5.92 Å². The molecule has 1 saturated carbocycles. The number of amides is 1. The molecule has 1 aliphatic heterocycles. The van der Waals surface area contributed by atoms with E-state index < -0.39 is 0 Å². The molecule has 0 radical (unpaired) electrons. The summed E-state index contributed by atoms with van der Waals surface area (Å²) in [7, 11) is 0. The van der Waals surface area contributed by atoms with Crippen molar-refractivity contribution in [2.45, 2.75) is 32.0 Å². The molecule has 3 aromatic rings. The van der Waals surface area contributed by atoms with Gasteiger partial charge in [0, 0.05) is 32.4 Å². The van der Waals surface area contributed by atoms with Gasteiger partial charge in [-0.3, -0.25) is 9.69 Å². The fraction of sp³-hybridized carbons (Fsp3) is 0.333. The zero-order valence-electron chi connectivity index (χ0n) is 16.5. The molecular weight excluding hydrogens is 360 g/mol. The third kappa shape index (κ3) is 3.96. The molecule has 1 fully saturated rings. The third-order valence-corrected chi connectivity index (χ3v) is 5.88. The Hall–Kier alpha value is -2.92. The summed E-state index contributed by atoms with van der Waals surface area (Å²) in [4.78, 5) is 20.1. The lowest BCUT2D eigenvalue weighted by Crippen LogP contribution is -2.40. The minimum atomic E-state index is -0.115. The van der Waals surface area contributed by atoms with E-state index in [-0.39, 0.29) is 11.9 Å². The highest BCUT2D eigenvalue weighted by molar-refractivity contribution is 5.92. The molecule has 5 rings (SSSR count). The molecule has 5 nitrogen and oxygen atoms in total. The van der Waals surface area contributed by atoms with Crippen molar-refractivity contribution in [2.75, 3.05) is 13.1 Å². The smallest absolute Gasteiger partial charge is 0.271 e. The van der Waals surface area contributed by atoms with Gasteiger partial charge in [-0.15, -0.1) is 0 Å². The molecule has 2 heterocycles. The Kier molecular flexibility index (Phi) is 4.90. The number of aromatic nitrogens is 2. The Balaban J connectivity index is 1.39. The van der Waals surface area contributed by atoms with Crippen LogP contribution in [0, 0.1) is 5.92 Å². The van der Waals surface area contributed by atoms with Crippen LogP contribution in [0.3, 0.4) is 0 Å². The lowest BCUT2D eigenvalue weighted by molar-refractivity contribution is 0.0946. The van der Waals surface area contributed by atoms with Crippen molar-refractivity contribution < 1.29 is 4.79 Å². The van der Waals surface area contributed by atoms with E-state index in [0.717, 1.165) is 36.9 Å². The Morgan fingerprint density at radius 3 is 2.45 bits per heavy atom. The summed E-state index contributed by atoms with van der Waals surface area (Å²) in [6, 6.07) is 20.6. The first kappa shape index (κ1) is 18.1. The van der Waals surface area contributed by atoms with E-state index in [4.69, 9.17) is 4.98 Å². The number of rotatable bonds is 6. The SMILES string of the molecule is O=C(NCc1ccccc1)c1cn2c(n1)C(c1ccccc1)N(CC1CC1)CC2. The highest BCUT2D eigenvalue weighted by atomic mass is 16.1. The number of carbonyl (C=O) groups excluding carboxylic acids is 1. The largest absolute Gasteiger partial charge is 0.347 e. The van der Waals surface area contributed by atoms with Crippen molar-refractivity contribution in [3.05, 3.63) is 89.5 Å². The van der Waals surface area contributed by atoms with Gasteiger partial charge in [0.25, 0.3) is 5.91 Å². The molecule has 0 bridgehead atoms. The van der Waals surface area contributed by atoms with Gasteiger partial charge in [-0.1, -0.05) is 60.7 Å². The summed E-state index contributed by atoms with van der Waals surface area (Å²) in [6.07, 6.45) is 4.58. The molecule has 5 heteroatoms. The zero-order chi connectivity index (χ0) is 19.6. The van der Waals surface area contributed by atoms with Gasteiger partial charge in [-0.2, -0.15) is 0 Å². The van der Waals surface area contributed by atoms with Gasteiger partial charge in [0.15, 0.2) is 0 Å². The Bertz CT molecular complexity index is 979. The van der Waals surface area contributed by atoms with Crippen LogP contribution in [-0.4, -0.2) is 33.4 Å². The molecule has 0 spiro atoms. The van der Waals surface area contributed by atoms with E-state index in [1.54, 1.807) is 0 Å². The van der Waals surface area contributed by atoms with E-state index in [1.807, 2.05) is 42.6 Å². The van der Waals surface area contributed by atoms with Gasteiger partial charge < -0.3 is 9.88 Å². The maximum atomic E-state index is 12.7. The number of nitrogens with zero attached hydrogens (tertiary/aromatic N) is 3. The van der Waals surface area contributed by atoms with Crippen molar-refractivity contribution in [3.8, 4) is 0 Å². The second-order valence-corrected chi connectivity index (χ2v) is 8.10. The average molecular weight is 386 g/mol. The summed E-state index contributed by atoms with van der Waals surface area (Å²) in [5.74, 6) is 1.68. The molecule has 1 unspecified atom stereocenters. The van der Waals surface area contributed by atoms with Crippen LogP contribution in [0.5, 0.6) is 0 Å². The van der Waals surface area contributed by atoms with Gasteiger partial charge in [0.2, 0.25) is 0 Å². The maximum absolute atomic E-state index is 12.7. The Morgan fingerprint density at radius 2 is 1.72 bits per heavy atom. The summed E-state index contributed by atoms with van der Waals surface area (Å²) in [6.45, 7) is 3.49. The molecule has 29 heavy (non-hydrogen) atoms. The van der Waals surface area contributed by atoms with E-state index in [2.05, 4.69) is 39.0 Å². The number of fused-ring (bicyclic) bond motifs is 1. The molecule has 1 amide bonds. The summed E-state index contributed by atoms with van der Waals surface area (Å²) in [5, 5.41) is 3.00. The topological polar surface area (TPSA) is 50.2 Å². The monoisotopic (exact) mass is 386 g/mol. The van der Waals surface area contributed by atoms with Crippen molar-refractivity contribution in [1.29, 1.82) is 0 Å². The van der Waals surface area contributed by atoms with Gasteiger partial charge in [-0.25, -0.2) is 4.98 Å². The van der Waals surface area contributed by atoms with Gasteiger partial charge in [0.1, 0.15) is 11.5 Å². The number of hydrogen-bond acceptors (Lipinski definition) is 3. The van der Waals surface area contributed by atoms with Crippen LogP contribution >= 0.6 is 0 Å². The molecule has 1 atom stereocenters. The van der Waals surface area contributed by atoms with Gasteiger partial charge >= 0.3 is 0 Å². The highest BCUT2D eigenvalue weighted by Gasteiger charge is 2.35. The number of nitrogens with one attached hydrogen (secondary N) is 1. The van der Waals surface area contributed by atoms with E-state index in [1.165, 1.54) is 18.4 Å². The van der Waals surface area contributed by atoms with Crippen LogP contribution < -0.4 is 5.32 Å². The lowest BCUT2D eigenvalue weighted by atomic mass is 10.0. The van der Waals surface area contributed by atoms with Crippen molar-refractivity contribution >= 4 is 5.91 Å².